The molecule has 0 spiro atoms. The van der Waals surface area contributed by atoms with E-state index in [-0.39, 0.29) is 23.5 Å². The molecule has 142 valence electrons. The molecule has 0 bridgehead atoms. The minimum absolute atomic E-state index is 0.152. The second-order valence-electron chi connectivity index (χ2n) is 6.58. The molecule has 29 heavy (non-hydrogen) atoms. The van der Waals surface area contributed by atoms with E-state index in [4.69, 9.17) is 0 Å². The number of pyridine rings is 1. The molecule has 4 aromatic rings. The lowest BCUT2D eigenvalue weighted by Crippen LogP contribution is -2.06. The summed E-state index contributed by atoms with van der Waals surface area (Å²) in [6.07, 6.45) is 1.38. The third-order valence-corrected chi connectivity index (χ3v) is 4.79. The molecule has 0 aliphatic heterocycles. The number of hydrogen-bond acceptors (Lipinski definition) is 4. The lowest BCUT2D eigenvalue weighted by Gasteiger charge is -2.14. The fourth-order valence-corrected chi connectivity index (χ4v) is 3.44. The number of carbonyl (C=O) groups is 2. The highest BCUT2D eigenvalue weighted by Crippen LogP contribution is 2.34. The minimum Gasteiger partial charge on any atom is -0.392 e. The van der Waals surface area contributed by atoms with Gasteiger partial charge in [0.25, 0.3) is 0 Å². The van der Waals surface area contributed by atoms with Gasteiger partial charge in [-0.1, -0.05) is 60.7 Å². The number of para-hydroxylation sites is 1. The highest BCUT2D eigenvalue weighted by atomic mass is 19.1. The van der Waals surface area contributed by atoms with Gasteiger partial charge in [0.05, 0.1) is 17.7 Å². The Morgan fingerprint density at radius 2 is 1.66 bits per heavy atom. The van der Waals surface area contributed by atoms with Gasteiger partial charge >= 0.3 is 6.04 Å². The highest BCUT2D eigenvalue weighted by Gasteiger charge is 2.21. The summed E-state index contributed by atoms with van der Waals surface area (Å²) in [7, 11) is 0. The van der Waals surface area contributed by atoms with Crippen molar-refractivity contribution >= 4 is 22.7 Å². The summed E-state index contributed by atoms with van der Waals surface area (Å²) >= 11 is 0. The van der Waals surface area contributed by atoms with Crippen LogP contribution >= 0.6 is 0 Å². The normalized spacial score (nSPS) is 10.8. The Labute approximate surface area is 166 Å². The molecule has 0 radical (unpaired) electrons. The fourth-order valence-electron chi connectivity index (χ4n) is 3.44. The molecule has 0 aliphatic carbocycles. The van der Waals surface area contributed by atoms with Gasteiger partial charge in [0.15, 0.2) is 5.78 Å². The number of nitrogens with zero attached hydrogens (tertiary/aromatic N) is 1. The summed E-state index contributed by atoms with van der Waals surface area (Å²) in [5.74, 6) is -0.235. The Kier molecular flexibility index (Phi) is 4.97. The number of hydrogen-bond donors (Lipinski definition) is 1. The topological polar surface area (TPSA) is 67.3 Å². The van der Waals surface area contributed by atoms with Crippen molar-refractivity contribution in [1.29, 1.82) is 0 Å². The van der Waals surface area contributed by atoms with Crippen molar-refractivity contribution in [2.24, 2.45) is 0 Å². The molecule has 4 rings (SSSR count). The van der Waals surface area contributed by atoms with Gasteiger partial charge in [-0.25, -0.2) is 0 Å². The Bertz CT molecular complexity index is 1240. The molecular weight excluding hydrogens is 369 g/mol. The van der Waals surface area contributed by atoms with E-state index in [9.17, 15) is 19.1 Å². The maximum atomic E-state index is 13.6. The van der Waals surface area contributed by atoms with Gasteiger partial charge in [0.2, 0.25) is 0 Å². The quantitative estimate of drug-likeness (QED) is 0.398. The Morgan fingerprint density at radius 1 is 0.897 bits per heavy atom. The van der Waals surface area contributed by atoms with Crippen LogP contribution < -0.4 is 0 Å². The first-order chi connectivity index (χ1) is 14.1. The monoisotopic (exact) mass is 385 g/mol. The van der Waals surface area contributed by atoms with E-state index in [0.29, 0.717) is 33.2 Å². The van der Waals surface area contributed by atoms with Crippen LogP contribution in [0.5, 0.6) is 0 Å². The number of benzene rings is 3. The number of ketones is 1. The van der Waals surface area contributed by atoms with Gasteiger partial charge in [-0.05, 0) is 23.3 Å². The predicted octanol–water partition coefficient (Wildman–Crippen LogP) is 4.73. The Hall–Kier alpha value is -3.70. The van der Waals surface area contributed by atoms with Crippen LogP contribution in [-0.4, -0.2) is 21.9 Å². The van der Waals surface area contributed by atoms with Gasteiger partial charge < -0.3 is 5.11 Å². The highest BCUT2D eigenvalue weighted by molar-refractivity contribution is 6.18. The molecule has 0 atom stereocenters. The van der Waals surface area contributed by atoms with E-state index in [1.165, 1.54) is 12.3 Å². The molecular formula is C24H16FNO3. The van der Waals surface area contributed by atoms with Crippen molar-refractivity contribution in [1.82, 2.24) is 4.98 Å². The number of aromatic nitrogens is 1. The van der Waals surface area contributed by atoms with E-state index < -0.39 is 6.04 Å². The summed E-state index contributed by atoms with van der Waals surface area (Å²) in [5, 5.41) is 10.0. The molecule has 1 aromatic heterocycles. The van der Waals surface area contributed by atoms with Crippen LogP contribution in [0.1, 0.15) is 31.8 Å². The first-order valence-electron chi connectivity index (χ1n) is 9.01. The summed E-state index contributed by atoms with van der Waals surface area (Å²) in [6.45, 7) is -0.160. The molecule has 0 saturated heterocycles. The van der Waals surface area contributed by atoms with E-state index in [1.807, 2.05) is 6.07 Å². The van der Waals surface area contributed by atoms with Crippen LogP contribution in [0.15, 0.2) is 79.0 Å². The number of halogens is 1. The largest absolute Gasteiger partial charge is 0.392 e. The number of rotatable bonds is 5. The average Bonchev–Trinajstić information content (AvgIpc) is 2.77. The Balaban J connectivity index is 2.06. The number of carbonyl (C=O) groups excluding carboxylic acids is 2. The van der Waals surface area contributed by atoms with Crippen LogP contribution in [0, 0.1) is 0 Å². The van der Waals surface area contributed by atoms with Crippen molar-refractivity contribution in [3.05, 3.63) is 101 Å². The van der Waals surface area contributed by atoms with Crippen LogP contribution in [0.2, 0.25) is 0 Å². The zero-order chi connectivity index (χ0) is 20.4. The maximum absolute atomic E-state index is 13.6. The molecule has 0 unspecified atom stereocenters. The van der Waals surface area contributed by atoms with E-state index in [1.54, 1.807) is 60.7 Å². The minimum atomic E-state index is -1.58. The predicted molar refractivity (Wildman–Crippen MR) is 108 cm³/mol. The SMILES string of the molecule is O=C(c1ccccc1)c1cnc2c(C(=O)F)cccc2c1-c1cccc(CO)c1. The standard InChI is InChI=1S/C24H16FNO3/c25-24(29)19-11-5-10-18-21(17-9-4-6-15(12-17)14-27)20(13-26-22(18)19)23(28)16-7-2-1-3-8-16/h1-13,27H,14H2. The third kappa shape index (κ3) is 3.44. The molecule has 0 aliphatic rings. The van der Waals surface area contributed by atoms with Crippen molar-refractivity contribution in [2.45, 2.75) is 6.61 Å². The lowest BCUT2D eigenvalue weighted by atomic mass is 9.90. The number of fused-ring (bicyclic) bond motifs is 1. The molecule has 4 nitrogen and oxygen atoms in total. The van der Waals surface area contributed by atoms with Gasteiger partial charge in [-0.2, -0.15) is 4.39 Å². The molecule has 0 fully saturated rings. The fraction of sp³-hybridized carbons (Fsp3) is 0.0417. The van der Waals surface area contributed by atoms with Gasteiger partial charge in [0, 0.05) is 28.3 Å². The zero-order valence-corrected chi connectivity index (χ0v) is 15.3. The first kappa shape index (κ1) is 18.7. The van der Waals surface area contributed by atoms with Crippen molar-refractivity contribution in [3.63, 3.8) is 0 Å². The number of aliphatic hydroxyl groups is 1. The molecule has 0 saturated carbocycles. The lowest BCUT2D eigenvalue weighted by molar-refractivity contribution is 0.0837. The van der Waals surface area contributed by atoms with Crippen molar-refractivity contribution in [2.75, 3.05) is 0 Å². The van der Waals surface area contributed by atoms with E-state index in [2.05, 4.69) is 4.98 Å². The van der Waals surface area contributed by atoms with Crippen LogP contribution in [0.3, 0.4) is 0 Å². The molecule has 0 amide bonds. The maximum Gasteiger partial charge on any atom is 0.334 e. The Morgan fingerprint density at radius 3 is 2.38 bits per heavy atom. The average molecular weight is 385 g/mol. The van der Waals surface area contributed by atoms with Gasteiger partial charge in [-0.3, -0.25) is 14.6 Å². The summed E-state index contributed by atoms with van der Waals surface area (Å²) in [5.41, 5.74) is 2.75. The third-order valence-electron chi connectivity index (χ3n) is 4.79. The summed E-state index contributed by atoms with van der Waals surface area (Å²) in [6, 6.07) is 18.9. The van der Waals surface area contributed by atoms with Gasteiger partial charge in [0.1, 0.15) is 0 Å². The second kappa shape index (κ2) is 7.73. The van der Waals surface area contributed by atoms with Crippen molar-refractivity contribution in [3.8, 4) is 11.1 Å². The molecule has 1 heterocycles. The van der Waals surface area contributed by atoms with Crippen LogP contribution in [0.4, 0.5) is 4.39 Å². The molecule has 5 heteroatoms. The van der Waals surface area contributed by atoms with E-state index >= 15 is 0 Å². The van der Waals surface area contributed by atoms with Crippen molar-refractivity contribution < 1.29 is 19.1 Å². The smallest absolute Gasteiger partial charge is 0.334 e. The second-order valence-corrected chi connectivity index (χ2v) is 6.58. The summed E-state index contributed by atoms with van der Waals surface area (Å²) < 4.78 is 13.6. The molecule has 1 N–H and O–H groups in total. The first-order valence-corrected chi connectivity index (χ1v) is 9.01. The summed E-state index contributed by atoms with van der Waals surface area (Å²) in [4.78, 5) is 28.9. The van der Waals surface area contributed by atoms with Crippen LogP contribution in [-0.2, 0) is 6.61 Å². The molecule has 3 aromatic carbocycles. The van der Waals surface area contributed by atoms with Gasteiger partial charge in [-0.15, -0.1) is 0 Å². The van der Waals surface area contributed by atoms with E-state index in [0.717, 1.165) is 0 Å². The number of aliphatic hydroxyl groups excluding tert-OH is 1. The zero-order valence-electron chi connectivity index (χ0n) is 15.3. The van der Waals surface area contributed by atoms with Crippen LogP contribution in [0.25, 0.3) is 22.0 Å².